The van der Waals surface area contributed by atoms with Crippen LogP contribution < -0.4 is 5.73 Å². The van der Waals surface area contributed by atoms with E-state index in [2.05, 4.69) is 12.1 Å². The van der Waals surface area contributed by atoms with Crippen LogP contribution in [0.1, 0.15) is 48.8 Å². The van der Waals surface area contributed by atoms with Crippen molar-refractivity contribution in [3.63, 3.8) is 0 Å². The van der Waals surface area contributed by atoms with Crippen LogP contribution in [0.15, 0.2) is 24.3 Å². The molecule has 0 heterocycles. The van der Waals surface area contributed by atoms with Gasteiger partial charge in [-0.05, 0) is 29.9 Å². The second-order valence-corrected chi connectivity index (χ2v) is 4.50. The van der Waals surface area contributed by atoms with Gasteiger partial charge in [0.25, 0.3) is 0 Å². The van der Waals surface area contributed by atoms with E-state index in [1.165, 1.54) is 24.8 Å². The molecule has 1 aromatic carbocycles. The van der Waals surface area contributed by atoms with Crippen LogP contribution in [0.4, 0.5) is 0 Å². The zero-order valence-corrected chi connectivity index (χ0v) is 9.23. The van der Waals surface area contributed by atoms with Crippen molar-refractivity contribution in [2.75, 3.05) is 0 Å². The van der Waals surface area contributed by atoms with E-state index >= 15 is 0 Å². The number of carboxylic acid groups (broad SMARTS) is 1. The molecule has 2 rings (SSSR count). The summed E-state index contributed by atoms with van der Waals surface area (Å²) in [6, 6.07) is 7.69. The van der Waals surface area contributed by atoms with Crippen LogP contribution in [0.2, 0.25) is 0 Å². The lowest BCUT2D eigenvalue weighted by molar-refractivity contribution is -0.137. The van der Waals surface area contributed by atoms with Gasteiger partial charge in [-0.2, -0.15) is 0 Å². The van der Waals surface area contributed by atoms with Gasteiger partial charge in [0.15, 0.2) is 0 Å². The summed E-state index contributed by atoms with van der Waals surface area (Å²) in [7, 11) is 0. The summed E-state index contributed by atoms with van der Waals surface area (Å²) in [5.74, 6) is -0.139. The molecule has 0 amide bonds. The second kappa shape index (κ2) is 4.66. The quantitative estimate of drug-likeness (QED) is 0.817. The van der Waals surface area contributed by atoms with Crippen molar-refractivity contribution in [3.05, 3.63) is 35.4 Å². The van der Waals surface area contributed by atoms with Crippen LogP contribution in [-0.2, 0) is 4.79 Å². The van der Waals surface area contributed by atoms with Crippen molar-refractivity contribution < 1.29 is 9.90 Å². The predicted molar refractivity (Wildman–Crippen MR) is 62.2 cm³/mol. The number of carbonyl (C=O) groups is 1. The van der Waals surface area contributed by atoms with Crippen LogP contribution in [0.25, 0.3) is 0 Å². The summed E-state index contributed by atoms with van der Waals surface area (Å²) >= 11 is 0. The summed E-state index contributed by atoms with van der Waals surface area (Å²) in [5, 5.41) is 8.66. The van der Waals surface area contributed by atoms with Crippen LogP contribution in [0, 0.1) is 0 Å². The molecule has 16 heavy (non-hydrogen) atoms. The Labute approximate surface area is 95.3 Å². The maximum Gasteiger partial charge on any atom is 0.305 e. The lowest BCUT2D eigenvalue weighted by atomic mass is 9.80. The fourth-order valence-corrected chi connectivity index (χ4v) is 2.06. The zero-order valence-electron chi connectivity index (χ0n) is 9.23. The van der Waals surface area contributed by atoms with E-state index in [9.17, 15) is 4.79 Å². The van der Waals surface area contributed by atoms with E-state index in [1.54, 1.807) is 0 Å². The molecule has 1 aromatic rings. The number of rotatable bonds is 4. The molecule has 1 saturated carbocycles. The first-order chi connectivity index (χ1) is 7.66. The molecule has 0 spiro atoms. The molecule has 3 heteroatoms. The highest BCUT2D eigenvalue weighted by Crippen LogP contribution is 2.36. The van der Waals surface area contributed by atoms with Gasteiger partial charge in [0, 0.05) is 6.04 Å². The van der Waals surface area contributed by atoms with Crippen LogP contribution in [-0.4, -0.2) is 11.1 Å². The molecule has 0 aliphatic heterocycles. The van der Waals surface area contributed by atoms with Gasteiger partial charge in [-0.25, -0.2) is 0 Å². The average molecular weight is 219 g/mol. The molecule has 3 nitrogen and oxygen atoms in total. The number of carboxylic acids is 1. The first-order valence-corrected chi connectivity index (χ1v) is 5.74. The Hall–Kier alpha value is -1.35. The molecular weight excluding hydrogens is 202 g/mol. The maximum absolute atomic E-state index is 10.5. The summed E-state index contributed by atoms with van der Waals surface area (Å²) in [6.07, 6.45) is 3.87. The van der Waals surface area contributed by atoms with Crippen LogP contribution >= 0.6 is 0 Å². The third-order valence-electron chi connectivity index (χ3n) is 3.34. The van der Waals surface area contributed by atoms with Crippen molar-refractivity contribution >= 4 is 5.97 Å². The molecule has 0 saturated heterocycles. The number of benzene rings is 1. The minimum absolute atomic E-state index is 0.0111. The molecule has 1 atom stereocenters. The minimum atomic E-state index is -0.851. The molecule has 1 unspecified atom stereocenters. The molecule has 0 radical (unpaired) electrons. The first kappa shape index (κ1) is 11.1. The number of nitrogens with two attached hydrogens (primary N) is 1. The molecule has 1 aliphatic rings. The van der Waals surface area contributed by atoms with E-state index in [1.807, 2.05) is 12.1 Å². The molecular formula is C13H17NO2. The number of hydrogen-bond donors (Lipinski definition) is 2. The highest BCUT2D eigenvalue weighted by molar-refractivity contribution is 5.67. The maximum atomic E-state index is 10.5. The van der Waals surface area contributed by atoms with Crippen molar-refractivity contribution in [2.45, 2.75) is 37.6 Å². The average Bonchev–Trinajstić information content (AvgIpc) is 2.15. The molecule has 86 valence electrons. The van der Waals surface area contributed by atoms with Gasteiger partial charge in [-0.15, -0.1) is 0 Å². The smallest absolute Gasteiger partial charge is 0.305 e. The van der Waals surface area contributed by atoms with Crippen molar-refractivity contribution in [1.29, 1.82) is 0 Å². The Bertz CT molecular complexity index is 368. The van der Waals surface area contributed by atoms with Gasteiger partial charge < -0.3 is 10.8 Å². The van der Waals surface area contributed by atoms with E-state index in [0.29, 0.717) is 5.92 Å². The van der Waals surface area contributed by atoms with E-state index in [-0.39, 0.29) is 6.42 Å². The van der Waals surface area contributed by atoms with E-state index < -0.39 is 12.0 Å². The Balaban J connectivity index is 2.03. The topological polar surface area (TPSA) is 63.3 Å². The van der Waals surface area contributed by atoms with Crippen molar-refractivity contribution in [2.24, 2.45) is 5.73 Å². The second-order valence-electron chi connectivity index (χ2n) is 4.50. The standard InChI is InChI=1S/C13H17NO2/c14-12(8-13(15)16)11-6-4-10(5-7-11)9-2-1-3-9/h4-7,9,12H,1-3,8,14H2,(H,15,16). The van der Waals surface area contributed by atoms with Gasteiger partial charge >= 0.3 is 5.97 Å². The number of hydrogen-bond acceptors (Lipinski definition) is 2. The fourth-order valence-electron chi connectivity index (χ4n) is 2.06. The highest BCUT2D eigenvalue weighted by Gasteiger charge is 2.19. The van der Waals surface area contributed by atoms with Crippen molar-refractivity contribution in [1.82, 2.24) is 0 Å². The van der Waals surface area contributed by atoms with Crippen LogP contribution in [0.3, 0.4) is 0 Å². The SMILES string of the molecule is NC(CC(=O)O)c1ccc(C2CCC2)cc1. The number of aliphatic carboxylic acids is 1. The lowest BCUT2D eigenvalue weighted by Gasteiger charge is -2.26. The van der Waals surface area contributed by atoms with Gasteiger partial charge in [0.05, 0.1) is 6.42 Å². The Morgan fingerprint density at radius 2 is 2.00 bits per heavy atom. The predicted octanol–water partition coefficient (Wildman–Crippen LogP) is 2.43. The first-order valence-electron chi connectivity index (χ1n) is 5.74. The summed E-state index contributed by atoms with van der Waals surface area (Å²) < 4.78 is 0. The van der Waals surface area contributed by atoms with Crippen molar-refractivity contribution in [3.8, 4) is 0 Å². The molecule has 1 aliphatic carbocycles. The Kier molecular flexibility index (Phi) is 3.25. The summed E-state index contributed by atoms with van der Waals surface area (Å²) in [5.41, 5.74) is 8.05. The van der Waals surface area contributed by atoms with E-state index in [4.69, 9.17) is 10.8 Å². The van der Waals surface area contributed by atoms with Gasteiger partial charge in [0.1, 0.15) is 0 Å². The summed E-state index contributed by atoms with van der Waals surface area (Å²) in [6.45, 7) is 0. The third kappa shape index (κ3) is 2.42. The minimum Gasteiger partial charge on any atom is -0.481 e. The van der Waals surface area contributed by atoms with Gasteiger partial charge in [-0.1, -0.05) is 30.7 Å². The normalized spacial score (nSPS) is 17.8. The zero-order chi connectivity index (χ0) is 11.5. The molecule has 0 aromatic heterocycles. The third-order valence-corrected chi connectivity index (χ3v) is 3.34. The Morgan fingerprint density at radius 3 is 2.44 bits per heavy atom. The van der Waals surface area contributed by atoms with Gasteiger partial charge in [0.2, 0.25) is 0 Å². The molecule has 3 N–H and O–H groups in total. The van der Waals surface area contributed by atoms with Crippen LogP contribution in [0.5, 0.6) is 0 Å². The largest absolute Gasteiger partial charge is 0.481 e. The lowest BCUT2D eigenvalue weighted by Crippen LogP contribution is -2.15. The fraction of sp³-hybridized carbons (Fsp3) is 0.462. The van der Waals surface area contributed by atoms with Gasteiger partial charge in [-0.3, -0.25) is 4.79 Å². The summed E-state index contributed by atoms with van der Waals surface area (Å²) in [4.78, 5) is 10.5. The Morgan fingerprint density at radius 1 is 1.38 bits per heavy atom. The van der Waals surface area contributed by atoms with E-state index in [0.717, 1.165) is 5.56 Å². The molecule has 1 fully saturated rings. The monoisotopic (exact) mass is 219 g/mol. The highest BCUT2D eigenvalue weighted by atomic mass is 16.4. The molecule has 0 bridgehead atoms.